The van der Waals surface area contributed by atoms with E-state index in [1.807, 2.05) is 20.1 Å². The summed E-state index contributed by atoms with van der Waals surface area (Å²) in [6.45, 7) is 4.83. The molecule has 30 heavy (non-hydrogen) atoms. The van der Waals surface area contributed by atoms with Crippen LogP contribution in [0.2, 0.25) is 0 Å². The maximum absolute atomic E-state index is 13.1. The standard InChI is InChI=1S/C20H34N4O5S/c1-12(2)16(23-17(25)13-6-4-9-21-13)18(26)22-14(8-11-30-3)19(27)24-10-5-7-15(24)20(28)29/h12-16,21H,4-11H2,1-3H3,(H,22,26)(H,23,25)(H,28,29). The normalized spacial score (nSPS) is 23.3. The number of hydrogen-bond donors (Lipinski definition) is 4. The van der Waals surface area contributed by atoms with Gasteiger partial charge in [-0.2, -0.15) is 11.8 Å². The molecule has 0 saturated carbocycles. The highest BCUT2D eigenvalue weighted by Gasteiger charge is 2.38. The average molecular weight is 443 g/mol. The Morgan fingerprint density at radius 2 is 1.90 bits per heavy atom. The maximum Gasteiger partial charge on any atom is 0.326 e. The number of amides is 3. The van der Waals surface area contributed by atoms with E-state index in [-0.39, 0.29) is 23.8 Å². The van der Waals surface area contributed by atoms with Gasteiger partial charge in [0.05, 0.1) is 6.04 Å². The van der Waals surface area contributed by atoms with Gasteiger partial charge in [-0.25, -0.2) is 4.79 Å². The van der Waals surface area contributed by atoms with Crippen molar-refractivity contribution in [2.24, 2.45) is 5.92 Å². The van der Waals surface area contributed by atoms with E-state index in [1.165, 1.54) is 4.90 Å². The number of likely N-dealkylation sites (tertiary alicyclic amines) is 1. The summed E-state index contributed by atoms with van der Waals surface area (Å²) in [7, 11) is 0. The zero-order valence-electron chi connectivity index (χ0n) is 18.0. The minimum atomic E-state index is -1.02. The van der Waals surface area contributed by atoms with Crippen molar-refractivity contribution >= 4 is 35.5 Å². The number of nitrogens with one attached hydrogen (secondary N) is 3. The molecule has 2 aliphatic rings. The molecule has 2 saturated heterocycles. The summed E-state index contributed by atoms with van der Waals surface area (Å²) in [5.41, 5.74) is 0. The predicted octanol–water partition coefficient (Wildman–Crippen LogP) is 0.193. The Kier molecular flexibility index (Phi) is 9.41. The lowest BCUT2D eigenvalue weighted by atomic mass is 10.0. The Morgan fingerprint density at radius 1 is 1.17 bits per heavy atom. The second kappa shape index (κ2) is 11.5. The molecule has 4 unspecified atom stereocenters. The van der Waals surface area contributed by atoms with E-state index >= 15 is 0 Å². The molecule has 0 aromatic rings. The summed E-state index contributed by atoms with van der Waals surface area (Å²) >= 11 is 1.55. The molecule has 2 rings (SSSR count). The van der Waals surface area contributed by atoms with Gasteiger partial charge in [-0.1, -0.05) is 13.8 Å². The molecule has 2 aliphatic heterocycles. The minimum absolute atomic E-state index is 0.162. The fourth-order valence-corrected chi connectivity index (χ4v) is 4.41. The second-order valence-corrected chi connectivity index (χ2v) is 9.24. The number of carbonyl (C=O) groups is 4. The van der Waals surface area contributed by atoms with Gasteiger partial charge in [0.2, 0.25) is 17.7 Å². The van der Waals surface area contributed by atoms with E-state index < -0.39 is 30.0 Å². The second-order valence-electron chi connectivity index (χ2n) is 8.25. The molecule has 0 radical (unpaired) electrons. The highest BCUT2D eigenvalue weighted by atomic mass is 32.2. The Balaban J connectivity index is 2.08. The first kappa shape index (κ1) is 24.5. The zero-order chi connectivity index (χ0) is 22.3. The molecule has 170 valence electrons. The highest BCUT2D eigenvalue weighted by molar-refractivity contribution is 7.98. The number of carboxylic acids is 1. The van der Waals surface area contributed by atoms with Gasteiger partial charge in [-0.3, -0.25) is 14.4 Å². The molecule has 4 atom stereocenters. The van der Waals surface area contributed by atoms with E-state index in [2.05, 4.69) is 16.0 Å². The number of rotatable bonds is 10. The monoisotopic (exact) mass is 442 g/mol. The fraction of sp³-hybridized carbons (Fsp3) is 0.800. The van der Waals surface area contributed by atoms with Crippen LogP contribution in [-0.4, -0.2) is 83.0 Å². The number of nitrogens with zero attached hydrogens (tertiary/aromatic N) is 1. The van der Waals surface area contributed by atoms with E-state index in [0.717, 1.165) is 19.4 Å². The predicted molar refractivity (Wildman–Crippen MR) is 115 cm³/mol. The van der Waals surface area contributed by atoms with Crippen LogP contribution < -0.4 is 16.0 Å². The topological polar surface area (TPSA) is 128 Å². The largest absolute Gasteiger partial charge is 0.480 e. The highest BCUT2D eigenvalue weighted by Crippen LogP contribution is 2.20. The molecule has 10 heteroatoms. The van der Waals surface area contributed by atoms with Crippen LogP contribution >= 0.6 is 11.8 Å². The van der Waals surface area contributed by atoms with Crippen molar-refractivity contribution in [2.45, 2.75) is 70.1 Å². The van der Waals surface area contributed by atoms with Gasteiger partial charge < -0.3 is 26.0 Å². The molecule has 9 nitrogen and oxygen atoms in total. The first-order chi connectivity index (χ1) is 14.3. The summed E-state index contributed by atoms with van der Waals surface area (Å²) in [6, 6.07) is -2.72. The lowest BCUT2D eigenvalue weighted by molar-refractivity contribution is -0.149. The van der Waals surface area contributed by atoms with Crippen LogP contribution in [0.15, 0.2) is 0 Å². The van der Waals surface area contributed by atoms with Crippen molar-refractivity contribution in [3.63, 3.8) is 0 Å². The molecule has 0 bridgehead atoms. The number of aliphatic carboxylic acids is 1. The lowest BCUT2D eigenvalue weighted by Crippen LogP contribution is -2.58. The van der Waals surface area contributed by atoms with Crippen molar-refractivity contribution in [3.05, 3.63) is 0 Å². The first-order valence-corrected chi connectivity index (χ1v) is 12.0. The first-order valence-electron chi connectivity index (χ1n) is 10.6. The van der Waals surface area contributed by atoms with Gasteiger partial charge >= 0.3 is 5.97 Å². The van der Waals surface area contributed by atoms with Crippen LogP contribution in [0.3, 0.4) is 0 Å². The molecule has 4 N–H and O–H groups in total. The minimum Gasteiger partial charge on any atom is -0.480 e. The molecule has 0 spiro atoms. The van der Waals surface area contributed by atoms with E-state index in [0.29, 0.717) is 31.6 Å². The van der Waals surface area contributed by atoms with Crippen molar-refractivity contribution in [1.82, 2.24) is 20.9 Å². The van der Waals surface area contributed by atoms with Crippen LogP contribution in [0.1, 0.15) is 46.0 Å². The van der Waals surface area contributed by atoms with Gasteiger partial charge in [0.15, 0.2) is 0 Å². The van der Waals surface area contributed by atoms with Gasteiger partial charge in [0.1, 0.15) is 18.1 Å². The van der Waals surface area contributed by atoms with Crippen LogP contribution in [0.4, 0.5) is 0 Å². The summed E-state index contributed by atoms with van der Waals surface area (Å²) in [6.07, 6.45) is 5.01. The van der Waals surface area contributed by atoms with E-state index in [9.17, 15) is 24.3 Å². The maximum atomic E-state index is 13.1. The summed E-state index contributed by atoms with van der Waals surface area (Å²) < 4.78 is 0. The Bertz CT molecular complexity index is 639. The van der Waals surface area contributed by atoms with Crippen molar-refractivity contribution in [3.8, 4) is 0 Å². The summed E-state index contributed by atoms with van der Waals surface area (Å²) in [5, 5.41) is 18.1. The number of thioether (sulfide) groups is 1. The molecule has 0 aliphatic carbocycles. The van der Waals surface area contributed by atoms with Gasteiger partial charge in [-0.15, -0.1) is 0 Å². The molecular weight excluding hydrogens is 408 g/mol. The molecule has 2 heterocycles. The summed E-state index contributed by atoms with van der Waals surface area (Å²) in [5.74, 6) is -1.53. The molecular formula is C20H34N4O5S. The van der Waals surface area contributed by atoms with Gasteiger partial charge in [0.25, 0.3) is 0 Å². The molecule has 3 amide bonds. The third-order valence-electron chi connectivity index (χ3n) is 5.67. The van der Waals surface area contributed by atoms with Gasteiger partial charge in [0, 0.05) is 6.54 Å². The van der Waals surface area contributed by atoms with Crippen LogP contribution in [0, 0.1) is 5.92 Å². The summed E-state index contributed by atoms with van der Waals surface area (Å²) in [4.78, 5) is 51.4. The van der Waals surface area contributed by atoms with Crippen molar-refractivity contribution in [1.29, 1.82) is 0 Å². The zero-order valence-corrected chi connectivity index (χ0v) is 18.8. The molecule has 2 fully saturated rings. The smallest absolute Gasteiger partial charge is 0.326 e. The lowest BCUT2D eigenvalue weighted by Gasteiger charge is -2.29. The Labute approximate surface area is 182 Å². The van der Waals surface area contributed by atoms with Crippen LogP contribution in [-0.2, 0) is 19.2 Å². The molecule has 0 aromatic heterocycles. The van der Waals surface area contributed by atoms with Crippen molar-refractivity contribution in [2.75, 3.05) is 25.1 Å². The van der Waals surface area contributed by atoms with Crippen LogP contribution in [0.25, 0.3) is 0 Å². The Hall–Kier alpha value is -1.81. The quantitative estimate of drug-likeness (QED) is 0.380. The van der Waals surface area contributed by atoms with Crippen LogP contribution in [0.5, 0.6) is 0 Å². The third-order valence-corrected chi connectivity index (χ3v) is 6.31. The number of hydrogen-bond acceptors (Lipinski definition) is 6. The van der Waals surface area contributed by atoms with Crippen molar-refractivity contribution < 1.29 is 24.3 Å². The number of carbonyl (C=O) groups excluding carboxylic acids is 3. The third kappa shape index (κ3) is 6.34. The van der Waals surface area contributed by atoms with E-state index in [1.54, 1.807) is 11.8 Å². The molecule has 0 aromatic carbocycles. The van der Waals surface area contributed by atoms with Gasteiger partial charge in [-0.05, 0) is 56.6 Å². The number of carboxylic acid groups (broad SMARTS) is 1. The van der Waals surface area contributed by atoms with E-state index in [4.69, 9.17) is 0 Å². The fourth-order valence-electron chi connectivity index (χ4n) is 3.94. The SMILES string of the molecule is CSCCC(NC(=O)C(NC(=O)C1CCCN1)C(C)C)C(=O)N1CCCC1C(=O)O. The Morgan fingerprint density at radius 3 is 2.47 bits per heavy atom. The average Bonchev–Trinajstić information content (AvgIpc) is 3.39.